The van der Waals surface area contributed by atoms with Crippen LogP contribution in [0.3, 0.4) is 0 Å². The Labute approximate surface area is 78.5 Å². The monoisotopic (exact) mass is 183 g/mol. The summed E-state index contributed by atoms with van der Waals surface area (Å²) >= 11 is 0. The van der Waals surface area contributed by atoms with Gasteiger partial charge in [0, 0.05) is 6.04 Å². The third kappa shape index (κ3) is 1.46. The van der Waals surface area contributed by atoms with Crippen molar-refractivity contribution in [3.8, 4) is 0 Å². The fraction of sp³-hybridized carbons (Fsp3) is 0.900. The van der Waals surface area contributed by atoms with Crippen LogP contribution in [-0.4, -0.2) is 22.7 Å². The summed E-state index contributed by atoms with van der Waals surface area (Å²) in [5.74, 6) is -0.0863. The van der Waals surface area contributed by atoms with E-state index in [9.17, 15) is 4.79 Å². The van der Waals surface area contributed by atoms with Crippen LogP contribution >= 0.6 is 0 Å². The minimum Gasteiger partial charge on any atom is -0.480 e. The molecule has 0 spiro atoms. The first-order chi connectivity index (χ1) is 6.12. The van der Waals surface area contributed by atoms with Gasteiger partial charge in [-0.1, -0.05) is 12.8 Å². The topological polar surface area (TPSA) is 49.3 Å². The summed E-state index contributed by atoms with van der Waals surface area (Å²) in [7, 11) is 0. The maximum Gasteiger partial charge on any atom is 0.323 e. The molecular weight excluding hydrogens is 166 g/mol. The van der Waals surface area contributed by atoms with Crippen molar-refractivity contribution < 1.29 is 9.90 Å². The molecule has 3 heteroatoms. The Bertz CT molecular complexity index is 213. The first kappa shape index (κ1) is 9.00. The second-order valence-corrected chi connectivity index (χ2v) is 4.64. The van der Waals surface area contributed by atoms with Gasteiger partial charge in [0.1, 0.15) is 5.54 Å². The first-order valence-corrected chi connectivity index (χ1v) is 5.13. The molecule has 1 aliphatic carbocycles. The highest BCUT2D eigenvalue weighted by Crippen LogP contribution is 2.37. The SMILES string of the molecule is C[C@]1(C(=O)O)C[C@H]2CCCC[C@H]2N1. The standard InChI is InChI=1S/C10H17NO2/c1-10(9(12)13)6-7-4-2-3-5-8(7)11-10/h7-8,11H,2-6H2,1H3,(H,12,13)/t7-,8-,10-/m1/s1. The van der Waals surface area contributed by atoms with Gasteiger partial charge in [-0.15, -0.1) is 0 Å². The predicted molar refractivity (Wildman–Crippen MR) is 49.5 cm³/mol. The van der Waals surface area contributed by atoms with E-state index in [1.807, 2.05) is 6.92 Å². The summed E-state index contributed by atoms with van der Waals surface area (Å²) < 4.78 is 0. The molecule has 2 fully saturated rings. The van der Waals surface area contributed by atoms with Crippen LogP contribution in [0.2, 0.25) is 0 Å². The predicted octanol–water partition coefficient (Wildman–Crippen LogP) is 1.38. The van der Waals surface area contributed by atoms with Gasteiger partial charge in [-0.3, -0.25) is 10.1 Å². The van der Waals surface area contributed by atoms with Gasteiger partial charge in [-0.2, -0.15) is 0 Å². The van der Waals surface area contributed by atoms with Crippen LogP contribution in [0.25, 0.3) is 0 Å². The van der Waals surface area contributed by atoms with Gasteiger partial charge in [0.25, 0.3) is 0 Å². The van der Waals surface area contributed by atoms with Crippen LogP contribution in [0.15, 0.2) is 0 Å². The molecule has 0 aromatic heterocycles. The molecule has 0 aromatic carbocycles. The van der Waals surface area contributed by atoms with Crippen molar-refractivity contribution in [1.29, 1.82) is 0 Å². The molecule has 2 N–H and O–H groups in total. The number of nitrogens with one attached hydrogen (secondary N) is 1. The van der Waals surface area contributed by atoms with Crippen LogP contribution in [0.5, 0.6) is 0 Å². The highest BCUT2D eigenvalue weighted by atomic mass is 16.4. The average molecular weight is 183 g/mol. The molecule has 1 saturated heterocycles. The molecule has 2 rings (SSSR count). The van der Waals surface area contributed by atoms with Gasteiger partial charge < -0.3 is 5.11 Å². The van der Waals surface area contributed by atoms with Crippen molar-refractivity contribution in [3.05, 3.63) is 0 Å². The van der Waals surface area contributed by atoms with Crippen LogP contribution < -0.4 is 5.32 Å². The second-order valence-electron chi connectivity index (χ2n) is 4.64. The zero-order valence-corrected chi connectivity index (χ0v) is 8.05. The molecule has 74 valence electrons. The van der Waals surface area contributed by atoms with Crippen molar-refractivity contribution in [2.45, 2.75) is 50.6 Å². The minimum atomic E-state index is -0.693. The molecule has 0 unspecified atom stereocenters. The summed E-state index contributed by atoms with van der Waals surface area (Å²) in [5.41, 5.74) is -0.653. The lowest BCUT2D eigenvalue weighted by Gasteiger charge is -2.24. The molecule has 2 aliphatic rings. The highest BCUT2D eigenvalue weighted by Gasteiger charge is 2.46. The summed E-state index contributed by atoms with van der Waals surface area (Å²) in [4.78, 5) is 11.0. The molecule has 1 aliphatic heterocycles. The molecule has 0 aromatic rings. The summed E-state index contributed by atoms with van der Waals surface area (Å²) in [6.45, 7) is 1.81. The zero-order valence-electron chi connectivity index (χ0n) is 8.05. The molecule has 1 saturated carbocycles. The van der Waals surface area contributed by atoms with Crippen LogP contribution in [0, 0.1) is 5.92 Å². The molecular formula is C10H17NO2. The van der Waals surface area contributed by atoms with Gasteiger partial charge in [0.2, 0.25) is 0 Å². The van der Waals surface area contributed by atoms with Crippen LogP contribution in [0.1, 0.15) is 39.0 Å². The Morgan fingerprint density at radius 1 is 1.46 bits per heavy atom. The van der Waals surface area contributed by atoms with E-state index in [4.69, 9.17) is 5.11 Å². The van der Waals surface area contributed by atoms with Gasteiger partial charge >= 0.3 is 5.97 Å². The molecule has 3 nitrogen and oxygen atoms in total. The van der Waals surface area contributed by atoms with Gasteiger partial charge in [0.15, 0.2) is 0 Å². The van der Waals surface area contributed by atoms with E-state index in [1.165, 1.54) is 19.3 Å². The second kappa shape index (κ2) is 2.98. The van der Waals surface area contributed by atoms with Crippen molar-refractivity contribution in [2.75, 3.05) is 0 Å². The van der Waals surface area contributed by atoms with Crippen molar-refractivity contribution in [3.63, 3.8) is 0 Å². The number of carboxylic acid groups (broad SMARTS) is 1. The molecule has 3 atom stereocenters. The number of fused-ring (bicyclic) bond motifs is 1. The maximum absolute atomic E-state index is 11.0. The number of rotatable bonds is 1. The van der Waals surface area contributed by atoms with E-state index in [0.717, 1.165) is 12.8 Å². The molecule has 1 heterocycles. The van der Waals surface area contributed by atoms with E-state index in [2.05, 4.69) is 5.32 Å². The van der Waals surface area contributed by atoms with Crippen LogP contribution in [0.4, 0.5) is 0 Å². The minimum absolute atomic E-state index is 0.467. The fourth-order valence-electron chi connectivity index (χ4n) is 2.78. The third-order valence-corrected chi connectivity index (χ3v) is 3.56. The number of hydrogen-bond donors (Lipinski definition) is 2. The van der Waals surface area contributed by atoms with E-state index >= 15 is 0 Å². The first-order valence-electron chi connectivity index (χ1n) is 5.13. The van der Waals surface area contributed by atoms with Crippen molar-refractivity contribution in [1.82, 2.24) is 5.32 Å². The van der Waals surface area contributed by atoms with E-state index in [0.29, 0.717) is 12.0 Å². The zero-order chi connectivity index (χ0) is 9.47. The third-order valence-electron chi connectivity index (χ3n) is 3.56. The Kier molecular flexibility index (Phi) is 2.06. The molecule has 13 heavy (non-hydrogen) atoms. The maximum atomic E-state index is 11.0. The Hall–Kier alpha value is -0.570. The summed E-state index contributed by atoms with van der Waals surface area (Å²) in [5, 5.41) is 12.3. The lowest BCUT2D eigenvalue weighted by Crippen LogP contribution is -2.47. The highest BCUT2D eigenvalue weighted by molar-refractivity contribution is 5.78. The van der Waals surface area contributed by atoms with E-state index < -0.39 is 11.5 Å². The van der Waals surface area contributed by atoms with Gasteiger partial charge in [0.05, 0.1) is 0 Å². The van der Waals surface area contributed by atoms with E-state index in [1.54, 1.807) is 0 Å². The summed E-state index contributed by atoms with van der Waals surface area (Å²) in [6, 6.07) is 0.467. The average Bonchev–Trinajstić information content (AvgIpc) is 2.42. The van der Waals surface area contributed by atoms with Crippen molar-refractivity contribution >= 4 is 5.97 Å². The van der Waals surface area contributed by atoms with Gasteiger partial charge in [-0.25, -0.2) is 0 Å². The lowest BCUT2D eigenvalue weighted by molar-refractivity contribution is -0.143. The van der Waals surface area contributed by atoms with Gasteiger partial charge in [-0.05, 0) is 32.1 Å². The normalized spacial score (nSPS) is 44.4. The quantitative estimate of drug-likeness (QED) is 0.645. The van der Waals surface area contributed by atoms with Crippen LogP contribution in [-0.2, 0) is 4.79 Å². The fourth-order valence-corrected chi connectivity index (χ4v) is 2.78. The smallest absolute Gasteiger partial charge is 0.323 e. The Balaban J connectivity index is 2.10. The molecule has 0 amide bonds. The number of aliphatic carboxylic acids is 1. The lowest BCUT2D eigenvalue weighted by atomic mass is 9.83. The molecule has 0 bridgehead atoms. The van der Waals surface area contributed by atoms with E-state index in [-0.39, 0.29) is 0 Å². The number of carboxylic acids is 1. The van der Waals surface area contributed by atoms with Crippen molar-refractivity contribution in [2.24, 2.45) is 5.92 Å². The number of hydrogen-bond acceptors (Lipinski definition) is 2. The summed E-state index contributed by atoms with van der Waals surface area (Å²) in [6.07, 6.45) is 5.71. The molecule has 0 radical (unpaired) electrons. The Morgan fingerprint density at radius 3 is 2.77 bits per heavy atom. The Morgan fingerprint density at radius 2 is 2.15 bits per heavy atom. The number of carbonyl (C=O) groups is 1. The largest absolute Gasteiger partial charge is 0.480 e.